The molecule has 0 aliphatic rings. The zero-order valence-electron chi connectivity index (χ0n) is 16.0. The number of anilines is 1. The molecule has 154 valence electrons. The Balaban J connectivity index is 1.67. The van der Waals surface area contributed by atoms with E-state index in [-0.39, 0.29) is 5.91 Å². The van der Waals surface area contributed by atoms with Crippen molar-refractivity contribution in [3.8, 4) is 11.3 Å². The van der Waals surface area contributed by atoms with E-state index < -0.39 is 11.7 Å². The minimum atomic E-state index is -4.47. The topological polar surface area (TPSA) is 67.8 Å². The summed E-state index contributed by atoms with van der Waals surface area (Å²) in [4.78, 5) is 25.5. The van der Waals surface area contributed by atoms with Crippen molar-refractivity contribution >= 4 is 22.9 Å². The van der Waals surface area contributed by atoms with Crippen LogP contribution in [0.25, 0.3) is 21.6 Å². The first-order chi connectivity index (χ1) is 14.8. The molecule has 0 aromatic carbocycles. The summed E-state index contributed by atoms with van der Waals surface area (Å²) in [7, 11) is 1.56. The second-order valence-corrected chi connectivity index (χ2v) is 6.58. The van der Waals surface area contributed by atoms with Crippen LogP contribution >= 0.6 is 0 Å². The van der Waals surface area contributed by atoms with Crippen molar-refractivity contribution in [3.63, 3.8) is 0 Å². The Bertz CT molecular complexity index is 1300. The molecule has 4 rings (SSSR count). The number of pyridine rings is 3. The van der Waals surface area contributed by atoms with Crippen LogP contribution in [0.5, 0.6) is 0 Å². The third-order valence-electron chi connectivity index (χ3n) is 4.64. The zero-order chi connectivity index (χ0) is 22.2. The fraction of sp³-hybridized carbons (Fsp3) is 0.0952. The molecule has 4 heterocycles. The van der Waals surface area contributed by atoms with Crippen LogP contribution in [-0.2, 0) is 6.18 Å². The Morgan fingerprint density at radius 3 is 2.52 bits per heavy atom. The fourth-order valence-corrected chi connectivity index (χ4v) is 2.97. The Morgan fingerprint density at radius 1 is 1.10 bits per heavy atom. The highest BCUT2D eigenvalue weighted by atomic mass is 19.4. The quantitative estimate of drug-likeness (QED) is 0.451. The summed E-state index contributed by atoms with van der Waals surface area (Å²) in [5, 5.41) is 4.18. The second-order valence-electron chi connectivity index (χ2n) is 6.58. The van der Waals surface area contributed by atoms with Gasteiger partial charge in [-0.2, -0.15) is 18.3 Å². The summed E-state index contributed by atoms with van der Waals surface area (Å²) in [5.41, 5.74) is 1.16. The molecule has 0 spiro atoms. The predicted octanol–water partition coefficient (Wildman–Crippen LogP) is 4.64. The zero-order valence-corrected chi connectivity index (χ0v) is 16.0. The summed E-state index contributed by atoms with van der Waals surface area (Å²) in [6.45, 7) is 6.97. The second kappa shape index (κ2) is 7.53. The summed E-state index contributed by atoms with van der Waals surface area (Å²) < 4.78 is 39.9. The lowest BCUT2D eigenvalue weighted by Crippen LogP contribution is -2.27. The molecule has 31 heavy (non-hydrogen) atoms. The lowest BCUT2D eigenvalue weighted by atomic mass is 10.1. The minimum Gasteiger partial charge on any atom is -0.296 e. The van der Waals surface area contributed by atoms with E-state index in [2.05, 4.69) is 19.9 Å². The third-order valence-corrected chi connectivity index (χ3v) is 4.64. The monoisotopic (exact) mass is 422 g/mol. The Kier molecular flexibility index (Phi) is 4.87. The first kappa shape index (κ1) is 20.0. The Labute approximate surface area is 174 Å². The van der Waals surface area contributed by atoms with E-state index in [1.54, 1.807) is 37.5 Å². The molecule has 1 amide bonds. The Hall–Kier alpha value is -4.26. The molecule has 0 aliphatic carbocycles. The van der Waals surface area contributed by atoms with Gasteiger partial charge in [0, 0.05) is 36.8 Å². The van der Waals surface area contributed by atoms with Gasteiger partial charge in [0.1, 0.15) is 5.82 Å². The average Bonchev–Trinajstić information content (AvgIpc) is 3.21. The smallest absolute Gasteiger partial charge is 0.296 e. The summed E-state index contributed by atoms with van der Waals surface area (Å²) >= 11 is 0. The van der Waals surface area contributed by atoms with Gasteiger partial charge in [-0.15, -0.1) is 0 Å². The fourth-order valence-electron chi connectivity index (χ4n) is 2.97. The van der Waals surface area contributed by atoms with Crippen LogP contribution in [0.1, 0.15) is 15.9 Å². The van der Waals surface area contributed by atoms with E-state index in [0.717, 1.165) is 12.3 Å². The number of hydrogen-bond acceptors (Lipinski definition) is 4. The lowest BCUT2D eigenvalue weighted by molar-refractivity contribution is -0.137. The van der Waals surface area contributed by atoms with Gasteiger partial charge < -0.3 is 0 Å². The molecule has 0 aliphatic heterocycles. The standard InChI is InChI=1S/C21H13F3N6O/c1-25-15-4-6-19(27-11-15)29(2)20(31)13-7-8-30-18(9-13)16(12-28-30)17-5-3-14(10-26-17)21(22,23)24/h3-12H,2H3. The van der Waals surface area contributed by atoms with Gasteiger partial charge in [0.05, 0.1) is 29.5 Å². The number of nitrogens with zero attached hydrogens (tertiary/aromatic N) is 6. The molecular weight excluding hydrogens is 409 g/mol. The molecule has 4 aromatic heterocycles. The van der Waals surface area contributed by atoms with Gasteiger partial charge in [-0.3, -0.25) is 19.7 Å². The molecule has 0 fully saturated rings. The first-order valence-electron chi connectivity index (χ1n) is 8.90. The van der Waals surface area contributed by atoms with Crippen LogP contribution in [0.2, 0.25) is 0 Å². The number of hydrogen-bond donors (Lipinski definition) is 0. The van der Waals surface area contributed by atoms with Crippen LogP contribution in [0.15, 0.2) is 61.2 Å². The highest BCUT2D eigenvalue weighted by Gasteiger charge is 2.30. The molecule has 10 heteroatoms. The Morgan fingerprint density at radius 2 is 1.90 bits per heavy atom. The van der Waals surface area contributed by atoms with E-state index in [1.807, 2.05) is 0 Å². The van der Waals surface area contributed by atoms with E-state index in [9.17, 15) is 18.0 Å². The third kappa shape index (κ3) is 3.81. The summed E-state index contributed by atoms with van der Waals surface area (Å²) in [5.74, 6) is 0.0218. The number of fused-ring (bicyclic) bond motifs is 1. The predicted molar refractivity (Wildman–Crippen MR) is 107 cm³/mol. The van der Waals surface area contributed by atoms with Crippen molar-refractivity contribution in [3.05, 3.63) is 83.7 Å². The average molecular weight is 422 g/mol. The first-order valence-corrected chi connectivity index (χ1v) is 8.90. The molecular formula is C21H13F3N6O. The van der Waals surface area contributed by atoms with Gasteiger partial charge in [0.15, 0.2) is 0 Å². The van der Waals surface area contributed by atoms with Crippen LogP contribution in [0, 0.1) is 6.57 Å². The lowest BCUT2D eigenvalue weighted by Gasteiger charge is -2.16. The molecule has 0 unspecified atom stereocenters. The molecule has 7 nitrogen and oxygen atoms in total. The van der Waals surface area contributed by atoms with E-state index in [4.69, 9.17) is 6.57 Å². The van der Waals surface area contributed by atoms with E-state index in [0.29, 0.717) is 33.8 Å². The molecule has 0 radical (unpaired) electrons. The number of alkyl halides is 3. The van der Waals surface area contributed by atoms with Gasteiger partial charge in [-0.05, 0) is 30.3 Å². The maximum absolute atomic E-state index is 12.9. The minimum absolute atomic E-state index is 0.303. The number of rotatable bonds is 3. The maximum atomic E-state index is 12.9. The van der Waals surface area contributed by atoms with Crippen molar-refractivity contribution in [2.75, 3.05) is 11.9 Å². The maximum Gasteiger partial charge on any atom is 0.417 e. The SMILES string of the molecule is [C-]#[N+]c1ccc(N(C)C(=O)c2ccn3ncc(-c4ccc(C(F)(F)F)cn4)c3c2)nc1. The van der Waals surface area contributed by atoms with Crippen LogP contribution < -0.4 is 4.90 Å². The highest BCUT2D eigenvalue weighted by molar-refractivity contribution is 6.06. The van der Waals surface area contributed by atoms with Gasteiger partial charge in [0.25, 0.3) is 5.91 Å². The number of aromatic nitrogens is 4. The number of carbonyl (C=O) groups excluding carboxylic acids is 1. The van der Waals surface area contributed by atoms with Crippen molar-refractivity contribution in [2.24, 2.45) is 0 Å². The van der Waals surface area contributed by atoms with Gasteiger partial charge >= 0.3 is 6.18 Å². The van der Waals surface area contributed by atoms with Crippen molar-refractivity contribution < 1.29 is 18.0 Å². The van der Waals surface area contributed by atoms with Crippen LogP contribution in [0.3, 0.4) is 0 Å². The summed E-state index contributed by atoms with van der Waals surface area (Å²) in [6, 6.07) is 8.52. The molecule has 4 aromatic rings. The number of carbonyl (C=O) groups is 1. The highest BCUT2D eigenvalue weighted by Crippen LogP contribution is 2.31. The molecule has 0 saturated carbocycles. The molecule has 0 atom stereocenters. The normalized spacial score (nSPS) is 11.3. The van der Waals surface area contributed by atoms with Crippen molar-refractivity contribution in [1.82, 2.24) is 19.6 Å². The molecule has 0 N–H and O–H groups in total. The molecule has 0 bridgehead atoms. The number of amides is 1. The van der Waals surface area contributed by atoms with E-state index in [1.165, 1.54) is 27.9 Å². The van der Waals surface area contributed by atoms with Crippen LogP contribution in [0.4, 0.5) is 24.7 Å². The van der Waals surface area contributed by atoms with Gasteiger partial charge in [0.2, 0.25) is 5.69 Å². The number of halogens is 3. The summed E-state index contributed by atoms with van der Waals surface area (Å²) in [6.07, 6.45) is 0.728. The van der Waals surface area contributed by atoms with Gasteiger partial charge in [-0.25, -0.2) is 9.36 Å². The van der Waals surface area contributed by atoms with Gasteiger partial charge in [-0.1, -0.05) is 6.07 Å². The van der Waals surface area contributed by atoms with Crippen molar-refractivity contribution in [1.29, 1.82) is 0 Å². The van der Waals surface area contributed by atoms with Crippen molar-refractivity contribution in [2.45, 2.75) is 6.18 Å². The van der Waals surface area contributed by atoms with E-state index >= 15 is 0 Å². The molecule has 0 saturated heterocycles. The van der Waals surface area contributed by atoms with Crippen LogP contribution in [-0.4, -0.2) is 32.5 Å². The largest absolute Gasteiger partial charge is 0.417 e.